The first-order valence-electron chi connectivity index (χ1n) is 9.19. The van der Waals surface area contributed by atoms with Gasteiger partial charge in [0.25, 0.3) is 0 Å². The molecule has 4 aliphatic rings. The molecule has 5 rings (SSSR count). The van der Waals surface area contributed by atoms with E-state index >= 15 is 0 Å². The van der Waals surface area contributed by atoms with Crippen molar-refractivity contribution in [3.63, 3.8) is 0 Å². The Bertz CT molecular complexity index is 751. The molecule has 1 heteroatoms. The summed E-state index contributed by atoms with van der Waals surface area (Å²) in [6, 6.07) is 6.93. The SMILES string of the molecule is C=C1c2ccc(CC)cc2[C@@H]2C=CC3=C(OC4CCCCC34)C12. The van der Waals surface area contributed by atoms with Crippen LogP contribution in [0, 0.1) is 11.8 Å². The van der Waals surface area contributed by atoms with Crippen molar-refractivity contribution < 1.29 is 4.74 Å². The van der Waals surface area contributed by atoms with E-state index in [1.54, 1.807) is 0 Å². The Morgan fingerprint density at radius 2 is 2.09 bits per heavy atom. The molecule has 0 saturated heterocycles. The number of benzene rings is 1. The first-order chi connectivity index (χ1) is 11.3. The maximum Gasteiger partial charge on any atom is 0.108 e. The van der Waals surface area contributed by atoms with Crippen LogP contribution in [-0.4, -0.2) is 6.10 Å². The summed E-state index contributed by atoms with van der Waals surface area (Å²) >= 11 is 0. The summed E-state index contributed by atoms with van der Waals surface area (Å²) in [4.78, 5) is 0. The van der Waals surface area contributed by atoms with E-state index in [9.17, 15) is 0 Å². The van der Waals surface area contributed by atoms with Crippen LogP contribution in [0.5, 0.6) is 0 Å². The van der Waals surface area contributed by atoms with Gasteiger partial charge >= 0.3 is 0 Å². The summed E-state index contributed by atoms with van der Waals surface area (Å²) in [7, 11) is 0. The highest BCUT2D eigenvalue weighted by atomic mass is 16.5. The van der Waals surface area contributed by atoms with E-state index in [4.69, 9.17) is 4.74 Å². The van der Waals surface area contributed by atoms with E-state index in [0.717, 1.165) is 6.42 Å². The molecule has 1 nitrogen and oxygen atoms in total. The molecular formula is C22H24O. The van der Waals surface area contributed by atoms with Crippen molar-refractivity contribution in [2.45, 2.75) is 51.0 Å². The summed E-state index contributed by atoms with van der Waals surface area (Å²) in [5, 5.41) is 0. The lowest BCUT2D eigenvalue weighted by molar-refractivity contribution is 0.0720. The van der Waals surface area contributed by atoms with E-state index in [-0.39, 0.29) is 0 Å². The number of ether oxygens (including phenoxy) is 1. The second-order valence-electron chi connectivity index (χ2n) is 7.53. The van der Waals surface area contributed by atoms with E-state index in [2.05, 4.69) is 43.9 Å². The van der Waals surface area contributed by atoms with Crippen LogP contribution >= 0.6 is 0 Å². The van der Waals surface area contributed by atoms with Gasteiger partial charge in [0.05, 0.1) is 5.92 Å². The third kappa shape index (κ3) is 1.80. The molecule has 4 atom stereocenters. The monoisotopic (exact) mass is 304 g/mol. The second kappa shape index (κ2) is 4.87. The minimum Gasteiger partial charge on any atom is -0.493 e. The van der Waals surface area contributed by atoms with Crippen LogP contribution in [0.4, 0.5) is 0 Å². The Kier molecular flexibility index (Phi) is 2.89. The van der Waals surface area contributed by atoms with Crippen molar-refractivity contribution >= 4 is 5.57 Å². The normalized spacial score (nSPS) is 33.9. The van der Waals surface area contributed by atoms with Crippen LogP contribution in [0.3, 0.4) is 0 Å². The molecule has 3 unspecified atom stereocenters. The largest absolute Gasteiger partial charge is 0.493 e. The Morgan fingerprint density at radius 1 is 1.22 bits per heavy atom. The van der Waals surface area contributed by atoms with Gasteiger partial charge in [0, 0.05) is 11.8 Å². The summed E-state index contributed by atoms with van der Waals surface area (Å²) in [6.07, 6.45) is 11.5. The van der Waals surface area contributed by atoms with Crippen LogP contribution < -0.4 is 0 Å². The number of rotatable bonds is 1. The zero-order valence-corrected chi connectivity index (χ0v) is 13.8. The Labute approximate surface area is 138 Å². The Hall–Kier alpha value is -1.76. The Morgan fingerprint density at radius 3 is 2.96 bits per heavy atom. The molecular weight excluding hydrogens is 280 g/mol. The smallest absolute Gasteiger partial charge is 0.108 e. The fourth-order valence-electron chi connectivity index (χ4n) is 5.17. The predicted octanol–water partition coefficient (Wildman–Crippen LogP) is 5.39. The maximum absolute atomic E-state index is 6.51. The molecule has 0 spiro atoms. The second-order valence-corrected chi connectivity index (χ2v) is 7.53. The maximum atomic E-state index is 6.51. The summed E-state index contributed by atoms with van der Waals surface area (Å²) in [6.45, 7) is 6.69. The van der Waals surface area contributed by atoms with Gasteiger partial charge in [-0.1, -0.05) is 50.3 Å². The summed E-state index contributed by atoms with van der Waals surface area (Å²) in [5.41, 5.74) is 6.99. The van der Waals surface area contributed by atoms with Gasteiger partial charge in [-0.15, -0.1) is 0 Å². The van der Waals surface area contributed by atoms with E-state index in [1.165, 1.54) is 59.3 Å². The van der Waals surface area contributed by atoms with E-state index in [1.807, 2.05) is 0 Å². The van der Waals surface area contributed by atoms with Gasteiger partial charge in [-0.3, -0.25) is 0 Å². The van der Waals surface area contributed by atoms with Crippen molar-refractivity contribution in [1.29, 1.82) is 0 Å². The van der Waals surface area contributed by atoms with Crippen LogP contribution in [0.2, 0.25) is 0 Å². The van der Waals surface area contributed by atoms with Crippen LogP contribution in [0.1, 0.15) is 55.2 Å². The van der Waals surface area contributed by atoms with Crippen molar-refractivity contribution in [3.8, 4) is 0 Å². The van der Waals surface area contributed by atoms with Gasteiger partial charge in [0.15, 0.2) is 0 Å². The fraction of sp³-hybridized carbons (Fsp3) is 0.455. The van der Waals surface area contributed by atoms with Gasteiger partial charge in [-0.25, -0.2) is 0 Å². The predicted molar refractivity (Wildman–Crippen MR) is 94.1 cm³/mol. The molecule has 1 saturated carbocycles. The topological polar surface area (TPSA) is 9.23 Å². The molecule has 23 heavy (non-hydrogen) atoms. The minimum atomic E-state index is 0.350. The van der Waals surface area contributed by atoms with Crippen molar-refractivity contribution in [3.05, 3.63) is 65.0 Å². The molecule has 0 bridgehead atoms. The average molecular weight is 304 g/mol. The third-order valence-corrected chi connectivity index (χ3v) is 6.39. The molecule has 1 aromatic rings. The molecule has 1 fully saturated rings. The number of hydrogen-bond acceptors (Lipinski definition) is 1. The Balaban J connectivity index is 1.58. The third-order valence-electron chi connectivity index (χ3n) is 6.39. The van der Waals surface area contributed by atoms with Gasteiger partial charge < -0.3 is 4.74 Å². The van der Waals surface area contributed by atoms with Crippen LogP contribution in [0.25, 0.3) is 5.57 Å². The van der Waals surface area contributed by atoms with E-state index in [0.29, 0.717) is 23.9 Å². The lowest BCUT2D eigenvalue weighted by Crippen LogP contribution is -2.22. The molecule has 3 aliphatic carbocycles. The molecule has 0 radical (unpaired) electrons. The highest BCUT2D eigenvalue weighted by molar-refractivity contribution is 5.79. The van der Waals surface area contributed by atoms with Gasteiger partial charge in [0.2, 0.25) is 0 Å². The van der Waals surface area contributed by atoms with Crippen molar-refractivity contribution in [1.82, 2.24) is 0 Å². The lowest BCUT2D eigenvalue weighted by Gasteiger charge is -2.25. The first-order valence-corrected chi connectivity index (χ1v) is 9.19. The average Bonchev–Trinajstić information content (AvgIpc) is 3.10. The molecule has 0 N–H and O–H groups in total. The standard InChI is InChI=1S/C22H24O/c1-3-14-8-9-15-13(2)21-17(19(15)12-14)10-11-18-16-6-4-5-7-20(16)23-22(18)21/h8-12,16-17,20-21H,2-7H2,1H3/t16?,17-,20?,21?/m0/s1. The van der Waals surface area contributed by atoms with E-state index < -0.39 is 0 Å². The zero-order valence-electron chi connectivity index (χ0n) is 13.8. The van der Waals surface area contributed by atoms with Crippen LogP contribution in [-0.2, 0) is 11.2 Å². The van der Waals surface area contributed by atoms with Crippen LogP contribution in [0.15, 0.2) is 48.3 Å². The van der Waals surface area contributed by atoms with Crippen molar-refractivity contribution in [2.24, 2.45) is 11.8 Å². The molecule has 0 amide bonds. The minimum absolute atomic E-state index is 0.350. The highest BCUT2D eigenvalue weighted by Gasteiger charge is 2.47. The fourth-order valence-corrected chi connectivity index (χ4v) is 5.17. The highest BCUT2D eigenvalue weighted by Crippen LogP contribution is 2.56. The molecule has 1 heterocycles. The number of allylic oxidation sites excluding steroid dienone is 3. The molecule has 1 aromatic carbocycles. The first kappa shape index (κ1) is 13.7. The number of aryl methyl sites for hydroxylation is 1. The van der Waals surface area contributed by atoms with Gasteiger partial charge in [-0.05, 0) is 53.5 Å². The summed E-state index contributed by atoms with van der Waals surface area (Å²) in [5.74, 6) is 2.68. The molecule has 1 aliphatic heterocycles. The zero-order chi connectivity index (χ0) is 15.6. The van der Waals surface area contributed by atoms with Gasteiger partial charge in [-0.2, -0.15) is 0 Å². The number of hydrogen-bond donors (Lipinski definition) is 0. The van der Waals surface area contributed by atoms with Crippen molar-refractivity contribution in [2.75, 3.05) is 0 Å². The van der Waals surface area contributed by atoms with Gasteiger partial charge in [0.1, 0.15) is 11.9 Å². The molecule has 0 aromatic heterocycles. The quantitative estimate of drug-likeness (QED) is 0.676. The number of fused-ring (bicyclic) bond motifs is 6. The lowest BCUT2D eigenvalue weighted by atomic mass is 9.77. The summed E-state index contributed by atoms with van der Waals surface area (Å²) < 4.78 is 6.51. The molecule has 118 valence electrons.